The smallest absolute Gasteiger partial charge is 0.0302 e. The summed E-state index contributed by atoms with van der Waals surface area (Å²) in [5.74, 6) is 1.05. The van der Waals surface area contributed by atoms with Gasteiger partial charge in [-0.05, 0) is 23.8 Å². The van der Waals surface area contributed by atoms with E-state index in [4.69, 9.17) is 5.73 Å². The second-order valence-electron chi connectivity index (χ2n) is 2.78. The maximum absolute atomic E-state index is 5.58. The Kier molecular flexibility index (Phi) is 3.90. The first-order valence-electron chi connectivity index (χ1n) is 4.40. The summed E-state index contributed by atoms with van der Waals surface area (Å²) in [5, 5.41) is 0. The lowest BCUT2D eigenvalue weighted by molar-refractivity contribution is 1.43. The summed E-state index contributed by atoms with van der Waals surface area (Å²) < 4.78 is 0. The lowest BCUT2D eigenvalue weighted by Crippen LogP contribution is -1.89. The third-order valence-electron chi connectivity index (χ3n) is 1.86. The van der Waals surface area contributed by atoms with Crippen LogP contribution in [0.5, 0.6) is 0 Å². The van der Waals surface area contributed by atoms with Gasteiger partial charge in [-0.2, -0.15) is 0 Å². The molecule has 0 fully saturated rings. The summed E-state index contributed by atoms with van der Waals surface area (Å²) >= 11 is 1.78. The average Bonchev–Trinajstić information content (AvgIpc) is 2.16. The van der Waals surface area contributed by atoms with Crippen molar-refractivity contribution in [3.8, 4) is 0 Å². The third-order valence-corrected chi connectivity index (χ3v) is 2.82. The zero-order chi connectivity index (χ0) is 9.68. The molecule has 0 aliphatic rings. The number of hydrogen-bond donors (Lipinski definition) is 1. The molecular formula is C11H15NS. The van der Waals surface area contributed by atoms with E-state index in [9.17, 15) is 0 Å². The Balaban J connectivity index is 2.99. The minimum atomic E-state index is 1.05. The van der Waals surface area contributed by atoms with Crippen molar-refractivity contribution in [2.75, 3.05) is 5.75 Å². The van der Waals surface area contributed by atoms with Crippen LogP contribution >= 0.6 is 11.8 Å². The Hall–Kier alpha value is -0.890. The molecule has 0 saturated carbocycles. The van der Waals surface area contributed by atoms with Gasteiger partial charge in [0, 0.05) is 11.1 Å². The standard InChI is InChI=1S/C11H15NS/c1-3-13-11(8-12)10-7-5-4-6-9(10)2/h4-8H,3,12H2,1-2H3. The minimum Gasteiger partial charge on any atom is -0.404 e. The van der Waals surface area contributed by atoms with Gasteiger partial charge < -0.3 is 5.73 Å². The lowest BCUT2D eigenvalue weighted by Gasteiger charge is -2.07. The van der Waals surface area contributed by atoms with Crippen molar-refractivity contribution < 1.29 is 0 Å². The van der Waals surface area contributed by atoms with E-state index < -0.39 is 0 Å². The molecular weight excluding hydrogens is 178 g/mol. The normalized spacial score (nSPS) is 11.7. The summed E-state index contributed by atoms with van der Waals surface area (Å²) in [7, 11) is 0. The Morgan fingerprint density at radius 2 is 2.15 bits per heavy atom. The summed E-state index contributed by atoms with van der Waals surface area (Å²) in [6.45, 7) is 4.24. The molecule has 2 N–H and O–H groups in total. The van der Waals surface area contributed by atoms with Crippen molar-refractivity contribution in [2.45, 2.75) is 13.8 Å². The van der Waals surface area contributed by atoms with Crippen LogP contribution in [0.1, 0.15) is 18.1 Å². The van der Waals surface area contributed by atoms with E-state index in [1.165, 1.54) is 16.0 Å². The Morgan fingerprint density at radius 1 is 1.46 bits per heavy atom. The van der Waals surface area contributed by atoms with Crippen molar-refractivity contribution in [1.29, 1.82) is 0 Å². The highest BCUT2D eigenvalue weighted by Crippen LogP contribution is 2.28. The quantitative estimate of drug-likeness (QED) is 0.798. The molecule has 2 heteroatoms. The fourth-order valence-electron chi connectivity index (χ4n) is 1.22. The fourth-order valence-corrected chi connectivity index (χ4v) is 2.01. The molecule has 0 spiro atoms. The molecule has 0 atom stereocenters. The van der Waals surface area contributed by atoms with Crippen LogP contribution < -0.4 is 5.73 Å². The highest BCUT2D eigenvalue weighted by molar-refractivity contribution is 8.08. The van der Waals surface area contributed by atoms with Crippen LogP contribution in [-0.4, -0.2) is 5.75 Å². The van der Waals surface area contributed by atoms with E-state index in [0.717, 1.165) is 5.75 Å². The van der Waals surface area contributed by atoms with Crippen molar-refractivity contribution in [3.63, 3.8) is 0 Å². The molecule has 0 heterocycles. The number of aryl methyl sites for hydroxylation is 1. The number of rotatable bonds is 3. The molecule has 1 aromatic carbocycles. The van der Waals surface area contributed by atoms with E-state index in [1.807, 2.05) is 12.1 Å². The van der Waals surface area contributed by atoms with Crippen molar-refractivity contribution in [2.24, 2.45) is 5.73 Å². The number of benzene rings is 1. The van der Waals surface area contributed by atoms with Gasteiger partial charge in [0.1, 0.15) is 0 Å². The van der Waals surface area contributed by atoms with Crippen molar-refractivity contribution in [1.82, 2.24) is 0 Å². The van der Waals surface area contributed by atoms with Gasteiger partial charge in [-0.1, -0.05) is 31.2 Å². The minimum absolute atomic E-state index is 1.05. The monoisotopic (exact) mass is 193 g/mol. The van der Waals surface area contributed by atoms with Crippen LogP contribution in [0, 0.1) is 6.92 Å². The van der Waals surface area contributed by atoms with Gasteiger partial charge in [0.2, 0.25) is 0 Å². The summed E-state index contributed by atoms with van der Waals surface area (Å²) in [4.78, 5) is 1.17. The number of thioether (sulfide) groups is 1. The van der Waals surface area contributed by atoms with Crippen molar-refractivity contribution in [3.05, 3.63) is 41.6 Å². The first-order valence-corrected chi connectivity index (χ1v) is 5.38. The van der Waals surface area contributed by atoms with E-state index in [0.29, 0.717) is 0 Å². The topological polar surface area (TPSA) is 26.0 Å². The molecule has 0 radical (unpaired) electrons. The largest absolute Gasteiger partial charge is 0.404 e. The van der Waals surface area contributed by atoms with Crippen LogP contribution in [0.2, 0.25) is 0 Å². The summed E-state index contributed by atoms with van der Waals surface area (Å²) in [5.41, 5.74) is 8.10. The van der Waals surface area contributed by atoms with Crippen LogP contribution in [-0.2, 0) is 0 Å². The predicted octanol–water partition coefficient (Wildman–Crippen LogP) is 3.01. The fraction of sp³-hybridized carbons (Fsp3) is 0.273. The molecule has 1 nitrogen and oxygen atoms in total. The maximum Gasteiger partial charge on any atom is 0.0302 e. The highest BCUT2D eigenvalue weighted by atomic mass is 32.2. The molecule has 0 unspecified atom stereocenters. The highest BCUT2D eigenvalue weighted by Gasteiger charge is 2.02. The third kappa shape index (κ3) is 2.52. The first kappa shape index (κ1) is 10.2. The Bertz CT molecular complexity index is 305. The average molecular weight is 193 g/mol. The predicted molar refractivity (Wildman–Crippen MR) is 61.5 cm³/mol. The Morgan fingerprint density at radius 3 is 2.69 bits per heavy atom. The second kappa shape index (κ2) is 4.97. The first-order chi connectivity index (χ1) is 6.29. The summed E-state index contributed by atoms with van der Waals surface area (Å²) in [6.07, 6.45) is 1.69. The second-order valence-corrected chi connectivity index (χ2v) is 4.08. The number of hydrogen-bond acceptors (Lipinski definition) is 2. The molecule has 1 rings (SSSR count). The lowest BCUT2D eigenvalue weighted by atomic mass is 10.1. The van der Waals surface area contributed by atoms with Crippen molar-refractivity contribution >= 4 is 16.7 Å². The van der Waals surface area contributed by atoms with E-state index in [2.05, 4.69) is 26.0 Å². The zero-order valence-electron chi connectivity index (χ0n) is 8.08. The molecule has 1 aromatic rings. The van der Waals surface area contributed by atoms with Crippen LogP contribution in [0.15, 0.2) is 30.5 Å². The van der Waals surface area contributed by atoms with Crippen LogP contribution in [0.4, 0.5) is 0 Å². The molecule has 0 aliphatic carbocycles. The molecule has 0 bridgehead atoms. The van der Waals surface area contributed by atoms with Gasteiger partial charge in [-0.15, -0.1) is 11.8 Å². The molecule has 0 aliphatic heterocycles. The van der Waals surface area contributed by atoms with E-state index in [-0.39, 0.29) is 0 Å². The van der Waals surface area contributed by atoms with Gasteiger partial charge in [0.15, 0.2) is 0 Å². The molecule has 70 valence electrons. The molecule has 0 saturated heterocycles. The van der Waals surface area contributed by atoms with Gasteiger partial charge in [-0.25, -0.2) is 0 Å². The number of nitrogens with two attached hydrogens (primary N) is 1. The molecule has 0 amide bonds. The molecule has 13 heavy (non-hydrogen) atoms. The van der Waals surface area contributed by atoms with E-state index in [1.54, 1.807) is 18.0 Å². The van der Waals surface area contributed by atoms with Gasteiger partial charge in [0.05, 0.1) is 0 Å². The van der Waals surface area contributed by atoms with Crippen LogP contribution in [0.25, 0.3) is 4.91 Å². The van der Waals surface area contributed by atoms with Gasteiger partial charge >= 0.3 is 0 Å². The zero-order valence-corrected chi connectivity index (χ0v) is 8.90. The summed E-state index contributed by atoms with van der Waals surface area (Å²) in [6, 6.07) is 8.30. The maximum atomic E-state index is 5.58. The van der Waals surface area contributed by atoms with Crippen LogP contribution in [0.3, 0.4) is 0 Å². The van der Waals surface area contributed by atoms with Gasteiger partial charge in [-0.3, -0.25) is 0 Å². The Labute approximate surface area is 84.0 Å². The molecule has 0 aromatic heterocycles. The van der Waals surface area contributed by atoms with E-state index >= 15 is 0 Å². The van der Waals surface area contributed by atoms with Gasteiger partial charge in [0.25, 0.3) is 0 Å². The SMILES string of the molecule is CCSC(=CN)c1ccccc1C.